The fourth-order valence-corrected chi connectivity index (χ4v) is 2.53. The number of hydrazine groups is 1. The first-order valence-electron chi connectivity index (χ1n) is 7.83. The SMILES string of the molecule is COc1ccc(N(N)c2nc(NC3CCOCC3)ncc2N)cc1. The summed E-state index contributed by atoms with van der Waals surface area (Å²) in [7, 11) is 1.62. The molecule has 1 fully saturated rings. The van der Waals surface area contributed by atoms with Gasteiger partial charge in [-0.1, -0.05) is 0 Å². The largest absolute Gasteiger partial charge is 0.497 e. The molecule has 0 unspecified atom stereocenters. The Balaban J connectivity index is 1.79. The van der Waals surface area contributed by atoms with Crippen LogP contribution < -0.4 is 26.6 Å². The van der Waals surface area contributed by atoms with E-state index in [4.69, 9.17) is 21.1 Å². The number of rotatable bonds is 5. The molecule has 1 aliphatic rings. The van der Waals surface area contributed by atoms with Gasteiger partial charge in [-0.05, 0) is 37.1 Å². The number of methoxy groups -OCH3 is 1. The third-order valence-corrected chi connectivity index (χ3v) is 3.93. The predicted octanol–water partition coefficient (Wildman–Crippen LogP) is 1.67. The van der Waals surface area contributed by atoms with Crippen LogP contribution in [-0.4, -0.2) is 36.3 Å². The summed E-state index contributed by atoms with van der Waals surface area (Å²) >= 11 is 0. The number of hydrogen-bond donors (Lipinski definition) is 3. The molecule has 3 rings (SSSR count). The molecule has 0 spiro atoms. The van der Waals surface area contributed by atoms with Gasteiger partial charge in [0, 0.05) is 19.3 Å². The lowest BCUT2D eigenvalue weighted by atomic mass is 10.1. The van der Waals surface area contributed by atoms with Crippen molar-refractivity contribution in [1.29, 1.82) is 0 Å². The van der Waals surface area contributed by atoms with E-state index in [2.05, 4.69) is 15.3 Å². The molecule has 8 heteroatoms. The topological polar surface area (TPSA) is 112 Å². The molecule has 0 aliphatic carbocycles. The van der Waals surface area contributed by atoms with Crippen LogP contribution in [0.3, 0.4) is 0 Å². The zero-order valence-electron chi connectivity index (χ0n) is 13.6. The van der Waals surface area contributed by atoms with Gasteiger partial charge >= 0.3 is 0 Å². The monoisotopic (exact) mass is 330 g/mol. The Hall–Kier alpha value is -2.58. The molecule has 1 aromatic heterocycles. The molecule has 1 aromatic carbocycles. The summed E-state index contributed by atoms with van der Waals surface area (Å²) in [5.74, 6) is 7.90. The highest BCUT2D eigenvalue weighted by atomic mass is 16.5. The van der Waals surface area contributed by atoms with Gasteiger partial charge in [0.25, 0.3) is 0 Å². The first-order valence-corrected chi connectivity index (χ1v) is 7.83. The van der Waals surface area contributed by atoms with E-state index in [9.17, 15) is 0 Å². The summed E-state index contributed by atoms with van der Waals surface area (Å²) < 4.78 is 10.5. The zero-order valence-corrected chi connectivity index (χ0v) is 13.6. The van der Waals surface area contributed by atoms with Gasteiger partial charge in [-0.25, -0.2) is 10.8 Å². The molecular weight excluding hydrogens is 308 g/mol. The highest BCUT2D eigenvalue weighted by Gasteiger charge is 2.17. The van der Waals surface area contributed by atoms with Gasteiger partial charge in [0.05, 0.1) is 24.7 Å². The van der Waals surface area contributed by atoms with Crippen LogP contribution >= 0.6 is 0 Å². The molecule has 5 N–H and O–H groups in total. The first kappa shape index (κ1) is 16.3. The van der Waals surface area contributed by atoms with Crippen molar-refractivity contribution in [2.24, 2.45) is 5.84 Å². The molecule has 0 saturated carbocycles. The van der Waals surface area contributed by atoms with Crippen molar-refractivity contribution < 1.29 is 9.47 Å². The number of nitrogen functional groups attached to an aromatic ring is 1. The number of nitrogens with two attached hydrogens (primary N) is 2. The molecule has 0 atom stereocenters. The Morgan fingerprint density at radius 2 is 1.96 bits per heavy atom. The predicted molar refractivity (Wildman–Crippen MR) is 93.2 cm³/mol. The Morgan fingerprint density at radius 1 is 1.25 bits per heavy atom. The second kappa shape index (κ2) is 7.33. The summed E-state index contributed by atoms with van der Waals surface area (Å²) in [5, 5.41) is 4.75. The van der Waals surface area contributed by atoms with Crippen molar-refractivity contribution >= 4 is 23.1 Å². The summed E-state index contributed by atoms with van der Waals surface area (Å²) in [6, 6.07) is 7.63. The van der Waals surface area contributed by atoms with Gasteiger partial charge < -0.3 is 20.5 Å². The molecular formula is C16H22N6O2. The van der Waals surface area contributed by atoms with Gasteiger partial charge in [-0.3, -0.25) is 5.01 Å². The van der Waals surface area contributed by atoms with Crippen molar-refractivity contribution in [2.45, 2.75) is 18.9 Å². The number of ether oxygens (including phenoxy) is 2. The Kier molecular flexibility index (Phi) is 4.97. The summed E-state index contributed by atoms with van der Waals surface area (Å²) in [6.45, 7) is 1.49. The van der Waals surface area contributed by atoms with Crippen LogP contribution in [0.1, 0.15) is 12.8 Å². The van der Waals surface area contributed by atoms with Crippen molar-refractivity contribution in [3.63, 3.8) is 0 Å². The Labute approximate surface area is 140 Å². The quantitative estimate of drug-likeness (QED) is 0.561. The smallest absolute Gasteiger partial charge is 0.225 e. The molecule has 0 bridgehead atoms. The van der Waals surface area contributed by atoms with E-state index in [0.29, 0.717) is 23.5 Å². The minimum atomic E-state index is 0.294. The van der Waals surface area contributed by atoms with E-state index < -0.39 is 0 Å². The minimum Gasteiger partial charge on any atom is -0.497 e. The van der Waals surface area contributed by atoms with Crippen molar-refractivity contribution in [3.05, 3.63) is 30.5 Å². The molecule has 2 aromatic rings. The van der Waals surface area contributed by atoms with Crippen LogP contribution in [0.2, 0.25) is 0 Å². The number of hydrogen-bond acceptors (Lipinski definition) is 8. The summed E-state index contributed by atoms with van der Waals surface area (Å²) in [6.07, 6.45) is 3.41. The van der Waals surface area contributed by atoms with Crippen LogP contribution in [0.25, 0.3) is 0 Å². The molecule has 1 aliphatic heterocycles. The van der Waals surface area contributed by atoms with Gasteiger partial charge in [0.1, 0.15) is 5.75 Å². The van der Waals surface area contributed by atoms with E-state index in [-0.39, 0.29) is 0 Å². The molecule has 0 radical (unpaired) electrons. The van der Waals surface area contributed by atoms with E-state index >= 15 is 0 Å². The standard InChI is InChI=1S/C16H22N6O2/c1-23-13-4-2-12(3-5-13)22(18)15-14(17)10-19-16(21-15)20-11-6-8-24-9-7-11/h2-5,10-11H,6-9,17-18H2,1H3,(H,19,20,21). The highest BCUT2D eigenvalue weighted by Crippen LogP contribution is 2.27. The lowest BCUT2D eigenvalue weighted by molar-refractivity contribution is 0.0903. The van der Waals surface area contributed by atoms with Gasteiger partial charge in [-0.15, -0.1) is 0 Å². The molecule has 0 amide bonds. The lowest BCUT2D eigenvalue weighted by Crippen LogP contribution is -2.30. The maximum atomic E-state index is 6.19. The van der Waals surface area contributed by atoms with Crippen molar-refractivity contribution in [2.75, 3.05) is 36.4 Å². The molecule has 8 nitrogen and oxygen atoms in total. The number of benzene rings is 1. The van der Waals surface area contributed by atoms with E-state index in [1.807, 2.05) is 24.3 Å². The fourth-order valence-electron chi connectivity index (χ4n) is 2.53. The molecule has 1 saturated heterocycles. The van der Waals surface area contributed by atoms with Crippen LogP contribution in [-0.2, 0) is 4.74 Å². The van der Waals surface area contributed by atoms with Crippen LogP contribution in [0.5, 0.6) is 5.75 Å². The number of nitrogens with one attached hydrogen (secondary N) is 1. The van der Waals surface area contributed by atoms with Crippen LogP contribution in [0.15, 0.2) is 30.5 Å². The van der Waals surface area contributed by atoms with Crippen molar-refractivity contribution in [3.8, 4) is 5.75 Å². The third kappa shape index (κ3) is 3.66. The second-order valence-electron chi connectivity index (χ2n) is 5.57. The second-order valence-corrected chi connectivity index (χ2v) is 5.57. The number of aromatic nitrogens is 2. The maximum absolute atomic E-state index is 6.19. The van der Waals surface area contributed by atoms with Crippen molar-refractivity contribution in [1.82, 2.24) is 9.97 Å². The Morgan fingerprint density at radius 3 is 2.62 bits per heavy atom. The summed E-state index contributed by atoms with van der Waals surface area (Å²) in [4.78, 5) is 8.71. The molecule has 128 valence electrons. The normalized spacial score (nSPS) is 15.1. The Bertz CT molecular complexity index is 673. The number of nitrogens with zero attached hydrogens (tertiary/aromatic N) is 3. The fraction of sp³-hybridized carbons (Fsp3) is 0.375. The third-order valence-electron chi connectivity index (χ3n) is 3.93. The van der Waals surface area contributed by atoms with Gasteiger partial charge in [0.15, 0.2) is 5.82 Å². The number of anilines is 4. The molecule has 2 heterocycles. The van der Waals surface area contributed by atoms with Gasteiger partial charge in [0.2, 0.25) is 5.95 Å². The minimum absolute atomic E-state index is 0.294. The van der Waals surface area contributed by atoms with E-state index in [1.165, 1.54) is 5.01 Å². The van der Waals surface area contributed by atoms with E-state index in [1.54, 1.807) is 13.3 Å². The maximum Gasteiger partial charge on any atom is 0.225 e. The van der Waals surface area contributed by atoms with E-state index in [0.717, 1.165) is 37.5 Å². The zero-order chi connectivity index (χ0) is 16.9. The highest BCUT2D eigenvalue weighted by molar-refractivity contribution is 5.70. The average molecular weight is 330 g/mol. The van der Waals surface area contributed by atoms with Crippen LogP contribution in [0, 0.1) is 0 Å². The summed E-state index contributed by atoms with van der Waals surface area (Å²) in [5.41, 5.74) is 7.15. The average Bonchev–Trinajstić information content (AvgIpc) is 2.64. The first-order chi connectivity index (χ1) is 11.7. The van der Waals surface area contributed by atoms with Gasteiger partial charge in [-0.2, -0.15) is 4.98 Å². The molecule has 24 heavy (non-hydrogen) atoms. The van der Waals surface area contributed by atoms with Crippen LogP contribution in [0.4, 0.5) is 23.1 Å². The lowest BCUT2D eigenvalue weighted by Gasteiger charge is -2.24.